The molecular weight excluding hydrogens is 295 g/mol. The standard InChI is InChI=1S/C23H27F/c1-9-10-11-18(4)13-15-19(5)21(7)16-23(24)22(8)20(6)14-12-17(2)3/h9,12-16H,1-2,4-8,10-11H2,3H3/b14-12-,15-13-,23-16+. The summed E-state index contributed by atoms with van der Waals surface area (Å²) in [4.78, 5) is 0. The molecule has 0 rings (SSSR count). The Morgan fingerprint density at radius 2 is 1.42 bits per heavy atom. The van der Waals surface area contributed by atoms with E-state index in [4.69, 9.17) is 0 Å². The Morgan fingerprint density at radius 3 is 1.96 bits per heavy atom. The number of rotatable bonds is 11. The minimum Gasteiger partial charge on any atom is -0.206 e. The van der Waals surface area contributed by atoms with E-state index in [9.17, 15) is 4.39 Å². The Kier molecular flexibility index (Phi) is 9.74. The van der Waals surface area contributed by atoms with Crippen LogP contribution in [0.2, 0.25) is 0 Å². The zero-order valence-electron chi connectivity index (χ0n) is 14.7. The molecule has 0 saturated carbocycles. The summed E-state index contributed by atoms with van der Waals surface area (Å²) in [5, 5.41) is 0. The molecular formula is C23H27F. The summed E-state index contributed by atoms with van der Waals surface area (Å²) in [5.74, 6) is -0.489. The molecule has 0 aromatic carbocycles. The van der Waals surface area contributed by atoms with Crippen LogP contribution < -0.4 is 0 Å². The van der Waals surface area contributed by atoms with Gasteiger partial charge in [0.05, 0.1) is 0 Å². The first-order valence-electron chi connectivity index (χ1n) is 7.63. The van der Waals surface area contributed by atoms with E-state index in [-0.39, 0.29) is 5.57 Å². The van der Waals surface area contributed by atoms with E-state index in [1.807, 2.05) is 19.1 Å². The van der Waals surface area contributed by atoms with Crippen LogP contribution in [0.3, 0.4) is 0 Å². The van der Waals surface area contributed by atoms with E-state index < -0.39 is 5.83 Å². The predicted molar refractivity (Wildman–Crippen MR) is 107 cm³/mol. The lowest BCUT2D eigenvalue weighted by atomic mass is 10.0. The molecule has 0 aromatic heterocycles. The van der Waals surface area contributed by atoms with Crippen molar-refractivity contribution in [2.24, 2.45) is 0 Å². The van der Waals surface area contributed by atoms with Crippen molar-refractivity contribution in [2.45, 2.75) is 19.8 Å². The van der Waals surface area contributed by atoms with Crippen molar-refractivity contribution >= 4 is 0 Å². The second-order valence-electron chi connectivity index (χ2n) is 5.55. The molecule has 0 unspecified atom stereocenters. The van der Waals surface area contributed by atoms with E-state index in [0.717, 1.165) is 24.0 Å². The van der Waals surface area contributed by atoms with Gasteiger partial charge in [-0.1, -0.05) is 81.0 Å². The number of hydrogen-bond donors (Lipinski definition) is 0. The van der Waals surface area contributed by atoms with Gasteiger partial charge in [0.2, 0.25) is 0 Å². The average Bonchev–Trinajstić information content (AvgIpc) is 2.54. The molecule has 0 nitrogen and oxygen atoms in total. The van der Waals surface area contributed by atoms with Crippen molar-refractivity contribution in [1.82, 2.24) is 0 Å². The normalized spacial score (nSPS) is 11.5. The Labute approximate surface area is 146 Å². The molecule has 0 amide bonds. The van der Waals surface area contributed by atoms with E-state index in [1.54, 1.807) is 18.2 Å². The highest BCUT2D eigenvalue weighted by Crippen LogP contribution is 2.22. The van der Waals surface area contributed by atoms with Gasteiger partial charge >= 0.3 is 0 Å². The fraction of sp³-hybridized carbons (Fsp3) is 0.130. The molecule has 0 bridgehead atoms. The first-order valence-corrected chi connectivity index (χ1v) is 7.63. The molecule has 0 N–H and O–H groups in total. The molecule has 0 aliphatic rings. The second-order valence-corrected chi connectivity index (χ2v) is 5.55. The van der Waals surface area contributed by atoms with Crippen LogP contribution in [0.1, 0.15) is 19.8 Å². The molecule has 0 fully saturated rings. The van der Waals surface area contributed by atoms with Gasteiger partial charge in [-0.25, -0.2) is 4.39 Å². The van der Waals surface area contributed by atoms with Crippen molar-refractivity contribution in [3.8, 4) is 0 Å². The quantitative estimate of drug-likeness (QED) is 0.277. The molecule has 126 valence electrons. The highest BCUT2D eigenvalue weighted by Gasteiger charge is 2.05. The first-order chi connectivity index (χ1) is 11.2. The van der Waals surface area contributed by atoms with Gasteiger partial charge in [-0.2, -0.15) is 0 Å². The number of halogens is 1. The summed E-state index contributed by atoms with van der Waals surface area (Å²) in [6.45, 7) is 28.4. The lowest BCUT2D eigenvalue weighted by Crippen LogP contribution is -1.88. The van der Waals surface area contributed by atoms with Gasteiger partial charge in [0.15, 0.2) is 0 Å². The second kappa shape index (κ2) is 11.0. The number of allylic oxidation sites excluding steroid dienone is 13. The highest BCUT2D eigenvalue weighted by atomic mass is 19.1. The maximum absolute atomic E-state index is 14.2. The zero-order valence-corrected chi connectivity index (χ0v) is 14.7. The van der Waals surface area contributed by atoms with Gasteiger partial charge in [0.1, 0.15) is 5.83 Å². The largest absolute Gasteiger partial charge is 0.206 e. The molecule has 0 radical (unpaired) electrons. The SMILES string of the molecule is C=CCCC(=C)/C=C\C(=C)C(=C)/C=C(/F)C(=C)C(=C)/C=C\C(=C)C. The van der Waals surface area contributed by atoms with E-state index in [1.165, 1.54) is 6.08 Å². The molecule has 0 atom stereocenters. The molecule has 0 aliphatic heterocycles. The third-order valence-electron chi connectivity index (χ3n) is 3.15. The van der Waals surface area contributed by atoms with Crippen LogP contribution in [-0.2, 0) is 0 Å². The Morgan fingerprint density at radius 1 is 0.833 bits per heavy atom. The summed E-state index contributed by atoms with van der Waals surface area (Å²) in [5.41, 5.74) is 3.59. The maximum Gasteiger partial charge on any atom is 0.131 e. The number of hydrogen-bond acceptors (Lipinski definition) is 0. The van der Waals surface area contributed by atoms with Gasteiger partial charge < -0.3 is 0 Å². The molecule has 0 aliphatic carbocycles. The molecule has 1 heteroatoms. The van der Waals surface area contributed by atoms with Crippen molar-refractivity contribution in [3.63, 3.8) is 0 Å². The topological polar surface area (TPSA) is 0 Å². The minimum atomic E-state index is -0.489. The first kappa shape index (κ1) is 21.3. The van der Waals surface area contributed by atoms with Crippen molar-refractivity contribution in [1.29, 1.82) is 0 Å². The van der Waals surface area contributed by atoms with Gasteiger partial charge in [0.25, 0.3) is 0 Å². The van der Waals surface area contributed by atoms with Gasteiger partial charge in [-0.05, 0) is 42.6 Å². The van der Waals surface area contributed by atoms with Crippen LogP contribution in [-0.4, -0.2) is 0 Å². The summed E-state index contributed by atoms with van der Waals surface area (Å²) >= 11 is 0. The van der Waals surface area contributed by atoms with E-state index in [0.29, 0.717) is 16.7 Å². The van der Waals surface area contributed by atoms with Crippen LogP contribution in [0, 0.1) is 0 Å². The monoisotopic (exact) mass is 322 g/mol. The fourth-order valence-corrected chi connectivity index (χ4v) is 1.53. The third-order valence-corrected chi connectivity index (χ3v) is 3.15. The van der Waals surface area contributed by atoms with E-state index >= 15 is 0 Å². The fourth-order valence-electron chi connectivity index (χ4n) is 1.53. The molecule has 0 heterocycles. The average molecular weight is 322 g/mol. The lowest BCUT2D eigenvalue weighted by Gasteiger charge is -2.05. The summed E-state index contributed by atoms with van der Waals surface area (Å²) < 4.78 is 14.2. The third kappa shape index (κ3) is 8.70. The zero-order chi connectivity index (χ0) is 18.7. The summed E-state index contributed by atoms with van der Waals surface area (Å²) in [6, 6.07) is 0. The van der Waals surface area contributed by atoms with Crippen molar-refractivity contribution in [2.75, 3.05) is 0 Å². The summed E-state index contributed by atoms with van der Waals surface area (Å²) in [7, 11) is 0. The van der Waals surface area contributed by atoms with Crippen LogP contribution in [0.15, 0.2) is 122 Å². The van der Waals surface area contributed by atoms with Gasteiger partial charge in [0, 0.05) is 5.57 Å². The van der Waals surface area contributed by atoms with Crippen LogP contribution in [0.5, 0.6) is 0 Å². The minimum absolute atomic E-state index is 0.209. The molecule has 0 saturated heterocycles. The van der Waals surface area contributed by atoms with Crippen molar-refractivity contribution < 1.29 is 4.39 Å². The maximum atomic E-state index is 14.2. The molecule has 24 heavy (non-hydrogen) atoms. The van der Waals surface area contributed by atoms with Gasteiger partial charge in [-0.15, -0.1) is 6.58 Å². The van der Waals surface area contributed by atoms with Crippen LogP contribution in [0.4, 0.5) is 4.39 Å². The Balaban J connectivity index is 4.87. The van der Waals surface area contributed by atoms with Gasteiger partial charge in [-0.3, -0.25) is 0 Å². The lowest BCUT2D eigenvalue weighted by molar-refractivity contribution is 0.655. The predicted octanol–water partition coefficient (Wildman–Crippen LogP) is 7.28. The molecule has 0 aromatic rings. The highest BCUT2D eigenvalue weighted by molar-refractivity contribution is 5.52. The smallest absolute Gasteiger partial charge is 0.131 e. The van der Waals surface area contributed by atoms with Crippen molar-refractivity contribution in [3.05, 3.63) is 122 Å². The Bertz CT molecular complexity index is 660. The Hall–Kier alpha value is -2.67. The van der Waals surface area contributed by atoms with Crippen LogP contribution >= 0.6 is 0 Å². The molecule has 0 spiro atoms. The van der Waals surface area contributed by atoms with Crippen LogP contribution in [0.25, 0.3) is 0 Å². The summed E-state index contributed by atoms with van der Waals surface area (Å²) in [6.07, 6.45) is 11.9. The van der Waals surface area contributed by atoms with E-state index in [2.05, 4.69) is 46.1 Å².